The number of aliphatic hydroxyl groups is 1. The molecule has 0 radical (unpaired) electrons. The number of aliphatic hydroxyl groups excluding tert-OH is 1. The van der Waals surface area contributed by atoms with E-state index in [9.17, 15) is 0 Å². The maximum absolute atomic E-state index is 8.39. The van der Waals surface area contributed by atoms with Crippen molar-refractivity contribution in [3.63, 3.8) is 0 Å². The first-order valence-corrected chi connectivity index (χ1v) is 5.20. The van der Waals surface area contributed by atoms with Crippen LogP contribution in [0.15, 0.2) is 0 Å². The van der Waals surface area contributed by atoms with Gasteiger partial charge < -0.3 is 10.4 Å². The Morgan fingerprint density at radius 1 is 1.08 bits per heavy atom. The fourth-order valence-electron chi connectivity index (χ4n) is 0.950. The molecule has 1 heterocycles. The summed E-state index contributed by atoms with van der Waals surface area (Å²) in [6, 6.07) is 0. The first-order valence-electron chi connectivity index (χ1n) is 5.20. The van der Waals surface area contributed by atoms with Crippen molar-refractivity contribution in [1.82, 2.24) is 5.32 Å². The van der Waals surface area contributed by atoms with Crippen molar-refractivity contribution in [1.29, 1.82) is 0 Å². The largest absolute Gasteiger partial charge is 0.390 e. The highest BCUT2D eigenvalue weighted by molar-refractivity contribution is 5.85. The van der Waals surface area contributed by atoms with E-state index in [-0.39, 0.29) is 18.5 Å². The average Bonchev–Trinajstić information content (AvgIpc) is 2.03. The molecule has 13 heavy (non-hydrogen) atoms. The van der Waals surface area contributed by atoms with Crippen molar-refractivity contribution in [2.45, 2.75) is 52.1 Å². The van der Waals surface area contributed by atoms with Crippen LogP contribution in [-0.2, 0) is 0 Å². The molecule has 2 N–H and O–H groups in total. The number of β-amino-alcohol motifs (C(OH)–C–C–N with tert-alkyl or cyclic N) is 1. The minimum absolute atomic E-state index is 0. The smallest absolute Gasteiger partial charge is 0.0788 e. The third-order valence-electron chi connectivity index (χ3n) is 1.97. The Morgan fingerprint density at radius 2 is 1.46 bits per heavy atom. The van der Waals surface area contributed by atoms with Crippen molar-refractivity contribution in [2.75, 3.05) is 13.1 Å². The van der Waals surface area contributed by atoms with Gasteiger partial charge in [-0.25, -0.2) is 0 Å². The van der Waals surface area contributed by atoms with Gasteiger partial charge in [-0.1, -0.05) is 46.0 Å². The lowest BCUT2D eigenvalue weighted by Gasteiger charge is -2.20. The molecule has 2 nitrogen and oxygen atoms in total. The molecule has 0 atom stereocenters. The Bertz CT molecular complexity index is 83.0. The molecule has 1 saturated heterocycles. The second-order valence-electron chi connectivity index (χ2n) is 3.37. The molecule has 0 aromatic heterocycles. The topological polar surface area (TPSA) is 32.3 Å². The zero-order valence-corrected chi connectivity index (χ0v) is 9.70. The molecule has 0 bridgehead atoms. The standard InChI is InChI=1S/C7H16.C3H7NO.ClH/c1-3-5-7-6-4-2;5-3-1-4-2-3;/h3-7H2,1-2H3;3-5H,1-2H2;1H. The third kappa shape index (κ3) is 12.2. The minimum Gasteiger partial charge on any atom is -0.390 e. The monoisotopic (exact) mass is 209 g/mol. The van der Waals surface area contributed by atoms with E-state index in [2.05, 4.69) is 19.2 Å². The molecule has 0 aromatic carbocycles. The van der Waals surface area contributed by atoms with E-state index in [1.165, 1.54) is 32.1 Å². The Kier molecular flexibility index (Phi) is 14.7. The lowest BCUT2D eigenvalue weighted by Crippen LogP contribution is -2.46. The Morgan fingerprint density at radius 3 is 1.62 bits per heavy atom. The van der Waals surface area contributed by atoms with Gasteiger partial charge in [0.15, 0.2) is 0 Å². The second-order valence-corrected chi connectivity index (χ2v) is 3.37. The summed E-state index contributed by atoms with van der Waals surface area (Å²) in [5.41, 5.74) is 0. The summed E-state index contributed by atoms with van der Waals surface area (Å²) in [5.74, 6) is 0. The van der Waals surface area contributed by atoms with Gasteiger partial charge in [-0.15, -0.1) is 12.4 Å². The summed E-state index contributed by atoms with van der Waals surface area (Å²) in [5, 5.41) is 11.3. The first-order chi connectivity index (χ1) is 5.81. The second kappa shape index (κ2) is 12.2. The molecule has 0 saturated carbocycles. The summed E-state index contributed by atoms with van der Waals surface area (Å²) >= 11 is 0. The van der Waals surface area contributed by atoms with Crippen LogP contribution in [-0.4, -0.2) is 24.3 Å². The normalized spacial score (nSPS) is 15.0. The number of nitrogens with one attached hydrogen (secondary N) is 1. The molecule has 82 valence electrons. The van der Waals surface area contributed by atoms with Crippen molar-refractivity contribution in [2.24, 2.45) is 0 Å². The van der Waals surface area contributed by atoms with Crippen LogP contribution < -0.4 is 5.32 Å². The minimum atomic E-state index is -0.0463. The van der Waals surface area contributed by atoms with Gasteiger partial charge in [-0.2, -0.15) is 0 Å². The SMILES string of the molecule is CCCCCCC.Cl.OC1CNC1. The van der Waals surface area contributed by atoms with Crippen LogP contribution in [0.4, 0.5) is 0 Å². The highest BCUT2D eigenvalue weighted by Gasteiger charge is 2.10. The fourth-order valence-corrected chi connectivity index (χ4v) is 0.950. The van der Waals surface area contributed by atoms with Crippen LogP contribution in [0.3, 0.4) is 0 Å². The zero-order valence-electron chi connectivity index (χ0n) is 8.88. The highest BCUT2D eigenvalue weighted by atomic mass is 35.5. The first kappa shape index (κ1) is 15.7. The summed E-state index contributed by atoms with van der Waals surface area (Å²) in [4.78, 5) is 0. The van der Waals surface area contributed by atoms with Crippen molar-refractivity contribution in [3.8, 4) is 0 Å². The number of hydrogen-bond donors (Lipinski definition) is 2. The third-order valence-corrected chi connectivity index (χ3v) is 1.97. The van der Waals surface area contributed by atoms with Crippen LogP contribution >= 0.6 is 12.4 Å². The highest BCUT2D eigenvalue weighted by Crippen LogP contribution is 2.00. The molecule has 3 heteroatoms. The van der Waals surface area contributed by atoms with Gasteiger partial charge in [-0.05, 0) is 0 Å². The summed E-state index contributed by atoms with van der Waals surface area (Å²) < 4.78 is 0. The number of hydrogen-bond acceptors (Lipinski definition) is 2. The van der Waals surface area contributed by atoms with Gasteiger partial charge in [0.05, 0.1) is 6.10 Å². The molecule has 0 aliphatic carbocycles. The van der Waals surface area contributed by atoms with E-state index in [1.807, 2.05) is 0 Å². The van der Waals surface area contributed by atoms with Crippen LogP contribution in [0, 0.1) is 0 Å². The van der Waals surface area contributed by atoms with Gasteiger partial charge in [0.25, 0.3) is 0 Å². The van der Waals surface area contributed by atoms with E-state index in [0.717, 1.165) is 13.1 Å². The molecule has 1 fully saturated rings. The van der Waals surface area contributed by atoms with Gasteiger partial charge >= 0.3 is 0 Å². The fraction of sp³-hybridized carbons (Fsp3) is 1.00. The quantitative estimate of drug-likeness (QED) is 0.697. The van der Waals surface area contributed by atoms with Crippen molar-refractivity contribution < 1.29 is 5.11 Å². The van der Waals surface area contributed by atoms with Crippen molar-refractivity contribution >= 4 is 12.4 Å². The Hall–Kier alpha value is 0.210. The maximum Gasteiger partial charge on any atom is 0.0788 e. The van der Waals surface area contributed by atoms with Gasteiger partial charge in [0.2, 0.25) is 0 Å². The van der Waals surface area contributed by atoms with E-state index in [4.69, 9.17) is 5.11 Å². The van der Waals surface area contributed by atoms with Crippen molar-refractivity contribution in [3.05, 3.63) is 0 Å². The average molecular weight is 210 g/mol. The lowest BCUT2D eigenvalue weighted by atomic mass is 10.2. The molecular formula is C10H24ClNO. The van der Waals surface area contributed by atoms with Crippen LogP contribution in [0.5, 0.6) is 0 Å². The van der Waals surface area contributed by atoms with E-state index >= 15 is 0 Å². The van der Waals surface area contributed by atoms with Gasteiger partial charge in [0.1, 0.15) is 0 Å². The molecule has 1 aliphatic rings. The predicted octanol–water partition coefficient (Wildman–Crippen LogP) is 2.35. The van der Waals surface area contributed by atoms with Crippen LogP contribution in [0.1, 0.15) is 46.0 Å². The predicted molar refractivity (Wildman–Crippen MR) is 60.6 cm³/mol. The number of halogens is 1. The van der Waals surface area contributed by atoms with Gasteiger partial charge in [-0.3, -0.25) is 0 Å². The van der Waals surface area contributed by atoms with Crippen LogP contribution in [0.25, 0.3) is 0 Å². The molecule has 0 spiro atoms. The molecule has 1 aliphatic heterocycles. The Balaban J connectivity index is 0. The molecule has 0 aromatic rings. The Labute approximate surface area is 88.5 Å². The summed E-state index contributed by atoms with van der Waals surface area (Å²) in [7, 11) is 0. The number of rotatable bonds is 4. The molecule has 1 rings (SSSR count). The number of unbranched alkanes of at least 4 members (excludes halogenated alkanes) is 4. The van der Waals surface area contributed by atoms with Crippen LogP contribution in [0.2, 0.25) is 0 Å². The molecular weight excluding hydrogens is 186 g/mol. The maximum atomic E-state index is 8.39. The van der Waals surface area contributed by atoms with E-state index in [1.54, 1.807) is 0 Å². The lowest BCUT2D eigenvalue weighted by molar-refractivity contribution is 0.117. The summed E-state index contributed by atoms with van der Waals surface area (Å²) in [6.45, 7) is 6.07. The van der Waals surface area contributed by atoms with Gasteiger partial charge in [0, 0.05) is 13.1 Å². The van der Waals surface area contributed by atoms with E-state index in [0.29, 0.717) is 0 Å². The summed E-state index contributed by atoms with van der Waals surface area (Å²) in [6.07, 6.45) is 6.96. The molecule has 0 amide bonds. The van der Waals surface area contributed by atoms with E-state index < -0.39 is 0 Å². The zero-order chi connectivity index (χ0) is 9.23. The molecule has 0 unspecified atom stereocenters.